The predicted molar refractivity (Wildman–Crippen MR) is 115 cm³/mol. The Balaban J connectivity index is 1.75. The standard InChI is InChI=1S/C22H19Cl2N3O3/c1-12-8-13(11-25)9-17-15(12)10-18(26-17)21(28)19-16(23)3-2-14(20(19)24)22(29)27-4-6-30-7-5-27/h2-3,8-10,21,26,28H,4-7H2,1H3. The van der Waals surface area contributed by atoms with E-state index in [0.717, 1.165) is 16.5 Å². The second-order valence-corrected chi connectivity index (χ2v) is 8.01. The highest BCUT2D eigenvalue weighted by molar-refractivity contribution is 6.38. The van der Waals surface area contributed by atoms with E-state index in [1.54, 1.807) is 35.2 Å². The Bertz CT molecular complexity index is 1180. The fourth-order valence-electron chi connectivity index (χ4n) is 3.73. The zero-order chi connectivity index (χ0) is 21.4. The normalized spacial score (nSPS) is 15.2. The van der Waals surface area contributed by atoms with Gasteiger partial charge in [0.1, 0.15) is 6.10 Å². The molecule has 0 spiro atoms. The van der Waals surface area contributed by atoms with Crippen LogP contribution in [0, 0.1) is 18.3 Å². The topological polar surface area (TPSA) is 89.3 Å². The number of fused-ring (bicyclic) bond motifs is 1. The highest BCUT2D eigenvalue weighted by Gasteiger charge is 2.27. The molecule has 6 nitrogen and oxygen atoms in total. The zero-order valence-electron chi connectivity index (χ0n) is 16.2. The maximum absolute atomic E-state index is 12.9. The van der Waals surface area contributed by atoms with E-state index in [-0.39, 0.29) is 27.1 Å². The summed E-state index contributed by atoms with van der Waals surface area (Å²) < 4.78 is 5.30. The van der Waals surface area contributed by atoms with Gasteiger partial charge in [-0.15, -0.1) is 0 Å². The zero-order valence-corrected chi connectivity index (χ0v) is 17.7. The third-order valence-electron chi connectivity index (χ3n) is 5.32. The smallest absolute Gasteiger partial charge is 0.255 e. The number of aliphatic hydroxyl groups excluding tert-OH is 1. The minimum atomic E-state index is -1.17. The summed E-state index contributed by atoms with van der Waals surface area (Å²) in [7, 11) is 0. The van der Waals surface area contributed by atoms with Crippen molar-refractivity contribution in [3.05, 3.63) is 68.3 Å². The number of H-pyrrole nitrogens is 1. The number of carbonyl (C=O) groups excluding carboxylic acids is 1. The van der Waals surface area contributed by atoms with Gasteiger partial charge in [0.2, 0.25) is 0 Å². The molecular weight excluding hydrogens is 425 g/mol. The van der Waals surface area contributed by atoms with Crippen LogP contribution in [0.25, 0.3) is 10.9 Å². The summed E-state index contributed by atoms with van der Waals surface area (Å²) in [5.74, 6) is -0.223. The van der Waals surface area contributed by atoms with E-state index in [2.05, 4.69) is 11.1 Å². The summed E-state index contributed by atoms with van der Waals surface area (Å²) in [5, 5.41) is 21.5. The number of nitriles is 1. The molecule has 2 heterocycles. The second-order valence-electron chi connectivity index (χ2n) is 7.22. The number of aromatic amines is 1. The molecule has 0 bridgehead atoms. The Hall–Kier alpha value is -2.56. The largest absolute Gasteiger partial charge is 0.382 e. The van der Waals surface area contributed by atoms with Gasteiger partial charge in [0, 0.05) is 40.3 Å². The van der Waals surface area contributed by atoms with Crippen molar-refractivity contribution in [2.75, 3.05) is 26.3 Å². The first-order valence-corrected chi connectivity index (χ1v) is 10.2. The van der Waals surface area contributed by atoms with Crippen molar-refractivity contribution in [1.82, 2.24) is 9.88 Å². The molecule has 0 aliphatic carbocycles. The fraction of sp³-hybridized carbons (Fsp3) is 0.273. The van der Waals surface area contributed by atoms with E-state index in [9.17, 15) is 15.2 Å². The molecule has 2 aromatic carbocycles. The van der Waals surface area contributed by atoms with Crippen molar-refractivity contribution in [3.63, 3.8) is 0 Å². The van der Waals surface area contributed by atoms with Crippen molar-refractivity contribution in [2.45, 2.75) is 13.0 Å². The molecule has 30 heavy (non-hydrogen) atoms. The number of nitrogens with one attached hydrogen (secondary N) is 1. The Labute approximate surface area is 183 Å². The first-order valence-electron chi connectivity index (χ1n) is 9.47. The number of ether oxygens (including phenoxy) is 1. The summed E-state index contributed by atoms with van der Waals surface area (Å²) >= 11 is 12.9. The number of halogens is 2. The second kappa shape index (κ2) is 8.29. The lowest BCUT2D eigenvalue weighted by atomic mass is 10.0. The van der Waals surface area contributed by atoms with Gasteiger partial charge in [0.05, 0.1) is 35.4 Å². The first kappa shape index (κ1) is 20.7. The van der Waals surface area contributed by atoms with E-state index >= 15 is 0 Å². The number of hydrogen-bond acceptors (Lipinski definition) is 4. The lowest BCUT2D eigenvalue weighted by molar-refractivity contribution is 0.0303. The Kier molecular flexibility index (Phi) is 5.72. The van der Waals surface area contributed by atoms with Crippen LogP contribution in [-0.4, -0.2) is 47.2 Å². The predicted octanol–water partition coefficient (Wildman–Crippen LogP) is 4.21. The number of morpholine rings is 1. The summed E-state index contributed by atoms with van der Waals surface area (Å²) in [6.45, 7) is 3.82. The molecule has 1 fully saturated rings. The molecule has 1 aliphatic heterocycles. The summed E-state index contributed by atoms with van der Waals surface area (Å²) in [6, 6.07) is 10.6. The van der Waals surface area contributed by atoms with E-state index in [1.807, 2.05) is 6.92 Å². The SMILES string of the molecule is Cc1cc(C#N)cc2[nH]c(C(O)c3c(Cl)ccc(C(=O)N4CCOCC4)c3Cl)cc12. The summed E-state index contributed by atoms with van der Waals surface area (Å²) in [6.07, 6.45) is -1.17. The van der Waals surface area contributed by atoms with E-state index in [4.69, 9.17) is 27.9 Å². The van der Waals surface area contributed by atoms with Crippen LogP contribution in [0.1, 0.15) is 38.8 Å². The lowest BCUT2D eigenvalue weighted by Gasteiger charge is -2.27. The highest BCUT2D eigenvalue weighted by atomic mass is 35.5. The molecule has 1 unspecified atom stereocenters. The summed E-state index contributed by atoms with van der Waals surface area (Å²) in [5.41, 5.74) is 3.19. The first-order chi connectivity index (χ1) is 14.4. The van der Waals surface area contributed by atoms with Gasteiger partial charge in [-0.2, -0.15) is 5.26 Å². The monoisotopic (exact) mass is 443 g/mol. The van der Waals surface area contributed by atoms with Crippen LogP contribution in [0.2, 0.25) is 10.0 Å². The molecule has 154 valence electrons. The molecule has 2 N–H and O–H groups in total. The van der Waals surface area contributed by atoms with Crippen LogP contribution in [0.4, 0.5) is 0 Å². The van der Waals surface area contributed by atoms with Gasteiger partial charge >= 0.3 is 0 Å². The number of aromatic nitrogens is 1. The number of hydrogen-bond donors (Lipinski definition) is 2. The van der Waals surface area contributed by atoms with Gasteiger partial charge in [-0.05, 0) is 42.8 Å². The maximum atomic E-state index is 12.9. The highest BCUT2D eigenvalue weighted by Crippen LogP contribution is 2.38. The van der Waals surface area contributed by atoms with Crippen molar-refractivity contribution < 1.29 is 14.6 Å². The fourth-order valence-corrected chi connectivity index (χ4v) is 4.39. The van der Waals surface area contributed by atoms with Crippen molar-refractivity contribution in [1.29, 1.82) is 5.26 Å². The van der Waals surface area contributed by atoms with Gasteiger partial charge < -0.3 is 19.7 Å². The van der Waals surface area contributed by atoms with Crippen LogP contribution in [0.3, 0.4) is 0 Å². The Morgan fingerprint density at radius 3 is 2.70 bits per heavy atom. The minimum absolute atomic E-state index is 0.125. The number of aryl methyl sites for hydroxylation is 1. The van der Waals surface area contributed by atoms with E-state index in [0.29, 0.717) is 37.6 Å². The van der Waals surface area contributed by atoms with Gasteiger partial charge in [0.15, 0.2) is 0 Å². The molecule has 1 saturated heterocycles. The van der Waals surface area contributed by atoms with Gasteiger partial charge in [0.25, 0.3) is 5.91 Å². The third kappa shape index (κ3) is 3.66. The van der Waals surface area contributed by atoms with Crippen LogP contribution in [0.5, 0.6) is 0 Å². The van der Waals surface area contributed by atoms with Crippen LogP contribution in [0.15, 0.2) is 30.3 Å². The molecule has 1 aromatic heterocycles. The number of amides is 1. The molecule has 4 rings (SSSR count). The molecule has 8 heteroatoms. The minimum Gasteiger partial charge on any atom is -0.382 e. The molecular formula is C22H19Cl2N3O3. The number of nitrogens with zero attached hydrogens (tertiary/aromatic N) is 2. The number of benzene rings is 2. The Morgan fingerprint density at radius 2 is 2.00 bits per heavy atom. The van der Waals surface area contributed by atoms with Crippen LogP contribution in [-0.2, 0) is 4.74 Å². The average Bonchev–Trinajstić information content (AvgIpc) is 3.19. The van der Waals surface area contributed by atoms with Crippen LogP contribution < -0.4 is 0 Å². The van der Waals surface area contributed by atoms with Crippen LogP contribution >= 0.6 is 23.2 Å². The van der Waals surface area contributed by atoms with E-state index in [1.165, 1.54) is 0 Å². The molecule has 0 radical (unpaired) electrons. The summed E-state index contributed by atoms with van der Waals surface area (Å²) in [4.78, 5) is 17.7. The van der Waals surface area contributed by atoms with Crippen molar-refractivity contribution >= 4 is 40.0 Å². The van der Waals surface area contributed by atoms with Gasteiger partial charge in [-0.1, -0.05) is 23.2 Å². The van der Waals surface area contributed by atoms with Crippen molar-refractivity contribution in [2.24, 2.45) is 0 Å². The number of carbonyl (C=O) groups is 1. The van der Waals surface area contributed by atoms with Gasteiger partial charge in [-0.3, -0.25) is 4.79 Å². The number of aliphatic hydroxyl groups is 1. The van der Waals surface area contributed by atoms with Crippen molar-refractivity contribution in [3.8, 4) is 6.07 Å². The molecule has 3 aromatic rings. The Morgan fingerprint density at radius 1 is 1.27 bits per heavy atom. The molecule has 0 saturated carbocycles. The van der Waals surface area contributed by atoms with E-state index < -0.39 is 6.10 Å². The quantitative estimate of drug-likeness (QED) is 0.634. The van der Waals surface area contributed by atoms with Gasteiger partial charge in [-0.25, -0.2) is 0 Å². The molecule has 1 amide bonds. The maximum Gasteiger partial charge on any atom is 0.255 e. The average molecular weight is 444 g/mol. The number of rotatable bonds is 3. The molecule has 1 aliphatic rings. The molecule has 1 atom stereocenters. The lowest BCUT2D eigenvalue weighted by Crippen LogP contribution is -2.40. The third-order valence-corrected chi connectivity index (χ3v) is 6.05.